The standard InChI is InChI=1S/C10H6F4O2/c11-5-3-6-8(15)1-2-16-9(6)7(4-5)10(12,13)14/h3-4H,1-2H2. The molecule has 0 radical (unpaired) electrons. The Morgan fingerprint density at radius 3 is 2.56 bits per heavy atom. The van der Waals surface area contributed by atoms with Gasteiger partial charge in [0.15, 0.2) is 5.78 Å². The van der Waals surface area contributed by atoms with E-state index in [1.54, 1.807) is 0 Å². The third-order valence-electron chi connectivity index (χ3n) is 2.24. The van der Waals surface area contributed by atoms with Gasteiger partial charge in [-0.15, -0.1) is 0 Å². The van der Waals surface area contributed by atoms with Crippen LogP contribution in [0.2, 0.25) is 0 Å². The first kappa shape index (κ1) is 10.9. The van der Waals surface area contributed by atoms with Crippen molar-refractivity contribution in [1.82, 2.24) is 0 Å². The lowest BCUT2D eigenvalue weighted by molar-refractivity contribution is -0.139. The lowest BCUT2D eigenvalue weighted by atomic mass is 10.0. The van der Waals surface area contributed by atoms with E-state index in [0.29, 0.717) is 6.07 Å². The van der Waals surface area contributed by atoms with Crippen LogP contribution in [0.1, 0.15) is 22.3 Å². The Hall–Kier alpha value is -1.59. The molecule has 16 heavy (non-hydrogen) atoms. The predicted octanol–water partition coefficient (Wildman–Crippen LogP) is 2.81. The Kier molecular flexibility index (Phi) is 2.36. The summed E-state index contributed by atoms with van der Waals surface area (Å²) in [5.41, 5.74) is -1.57. The molecule has 0 saturated heterocycles. The van der Waals surface area contributed by atoms with E-state index in [2.05, 4.69) is 0 Å². The number of hydrogen-bond donors (Lipinski definition) is 0. The van der Waals surface area contributed by atoms with Gasteiger partial charge in [-0.3, -0.25) is 4.79 Å². The van der Waals surface area contributed by atoms with Gasteiger partial charge >= 0.3 is 6.18 Å². The number of Topliss-reactive ketones (excluding diaryl/α,β-unsaturated/α-hetero) is 1. The maximum absolute atomic E-state index is 13.0. The number of carbonyl (C=O) groups is 1. The highest BCUT2D eigenvalue weighted by atomic mass is 19.4. The number of rotatable bonds is 0. The van der Waals surface area contributed by atoms with Crippen LogP contribution < -0.4 is 4.74 Å². The number of hydrogen-bond acceptors (Lipinski definition) is 2. The number of alkyl halides is 3. The maximum atomic E-state index is 13.0. The fourth-order valence-electron chi connectivity index (χ4n) is 1.55. The summed E-state index contributed by atoms with van der Waals surface area (Å²) < 4.78 is 55.3. The summed E-state index contributed by atoms with van der Waals surface area (Å²) in [5, 5.41) is 0. The monoisotopic (exact) mass is 234 g/mol. The normalized spacial score (nSPS) is 15.6. The second-order valence-corrected chi connectivity index (χ2v) is 3.35. The fraction of sp³-hybridized carbons (Fsp3) is 0.300. The van der Waals surface area contributed by atoms with Crippen LogP contribution in [0.3, 0.4) is 0 Å². The molecule has 0 bridgehead atoms. The third kappa shape index (κ3) is 1.75. The number of ether oxygens (including phenoxy) is 1. The molecule has 1 aromatic carbocycles. The van der Waals surface area contributed by atoms with Crippen molar-refractivity contribution in [3.8, 4) is 5.75 Å². The second-order valence-electron chi connectivity index (χ2n) is 3.35. The highest BCUT2D eigenvalue weighted by Gasteiger charge is 2.38. The molecule has 1 aliphatic heterocycles. The zero-order valence-electron chi connectivity index (χ0n) is 7.90. The van der Waals surface area contributed by atoms with Crippen molar-refractivity contribution in [2.75, 3.05) is 6.61 Å². The molecule has 0 amide bonds. The molecule has 6 heteroatoms. The minimum Gasteiger partial charge on any atom is -0.492 e. The van der Waals surface area contributed by atoms with Crippen molar-refractivity contribution in [3.63, 3.8) is 0 Å². The van der Waals surface area contributed by atoms with Crippen LogP contribution in [-0.2, 0) is 6.18 Å². The average molecular weight is 234 g/mol. The first-order valence-electron chi connectivity index (χ1n) is 4.46. The van der Waals surface area contributed by atoms with Gasteiger partial charge in [0.2, 0.25) is 0 Å². The van der Waals surface area contributed by atoms with E-state index in [1.807, 2.05) is 0 Å². The van der Waals surface area contributed by atoms with Gasteiger partial charge in [-0.1, -0.05) is 0 Å². The second kappa shape index (κ2) is 3.47. The molecule has 0 fully saturated rings. The number of ketones is 1. The molecule has 0 N–H and O–H groups in total. The van der Waals surface area contributed by atoms with Crippen molar-refractivity contribution in [2.24, 2.45) is 0 Å². The fourth-order valence-corrected chi connectivity index (χ4v) is 1.55. The summed E-state index contributed by atoms with van der Waals surface area (Å²) in [7, 11) is 0. The number of benzene rings is 1. The summed E-state index contributed by atoms with van der Waals surface area (Å²) in [6.45, 7) is -0.111. The minimum absolute atomic E-state index is 0.0340. The van der Waals surface area contributed by atoms with Crippen LogP contribution in [-0.4, -0.2) is 12.4 Å². The van der Waals surface area contributed by atoms with Crippen LogP contribution in [0.5, 0.6) is 5.75 Å². The highest BCUT2D eigenvalue weighted by Crippen LogP contribution is 2.40. The molecule has 86 valence electrons. The minimum atomic E-state index is -4.73. The summed E-state index contributed by atoms with van der Waals surface area (Å²) in [6.07, 6.45) is -4.77. The number of fused-ring (bicyclic) bond motifs is 1. The zero-order chi connectivity index (χ0) is 11.9. The van der Waals surface area contributed by atoms with Gasteiger partial charge < -0.3 is 4.74 Å². The van der Waals surface area contributed by atoms with Crippen LogP contribution in [0.15, 0.2) is 12.1 Å². The topological polar surface area (TPSA) is 26.3 Å². The van der Waals surface area contributed by atoms with Crippen LogP contribution in [0.25, 0.3) is 0 Å². The average Bonchev–Trinajstić information content (AvgIpc) is 2.17. The van der Waals surface area contributed by atoms with Crippen LogP contribution in [0.4, 0.5) is 17.6 Å². The molecular weight excluding hydrogens is 228 g/mol. The number of halogens is 4. The van der Waals surface area contributed by atoms with E-state index in [0.717, 1.165) is 6.07 Å². The van der Waals surface area contributed by atoms with Crippen LogP contribution in [0, 0.1) is 5.82 Å². The van der Waals surface area contributed by atoms with Gasteiger partial charge in [0.05, 0.1) is 12.2 Å². The third-order valence-corrected chi connectivity index (χ3v) is 2.24. The summed E-state index contributed by atoms with van der Waals surface area (Å²) >= 11 is 0. The summed E-state index contributed by atoms with van der Waals surface area (Å²) in [4.78, 5) is 11.3. The molecule has 1 aromatic rings. The van der Waals surface area contributed by atoms with Gasteiger partial charge in [-0.2, -0.15) is 13.2 Å². The molecule has 0 unspecified atom stereocenters. The van der Waals surface area contributed by atoms with Crippen molar-refractivity contribution in [1.29, 1.82) is 0 Å². The maximum Gasteiger partial charge on any atom is 0.420 e. The lowest BCUT2D eigenvalue weighted by Crippen LogP contribution is -2.20. The van der Waals surface area contributed by atoms with Gasteiger partial charge in [-0.25, -0.2) is 4.39 Å². The molecule has 0 atom stereocenters. The summed E-state index contributed by atoms with van der Waals surface area (Å²) in [5.74, 6) is -2.19. The highest BCUT2D eigenvalue weighted by molar-refractivity contribution is 6.00. The molecule has 2 rings (SSSR count). The van der Waals surface area contributed by atoms with E-state index in [9.17, 15) is 22.4 Å². The van der Waals surface area contributed by atoms with Gasteiger partial charge in [0, 0.05) is 6.42 Å². The first-order chi connectivity index (χ1) is 7.39. The quantitative estimate of drug-likeness (QED) is 0.645. The van der Waals surface area contributed by atoms with Gasteiger partial charge in [-0.05, 0) is 12.1 Å². The van der Waals surface area contributed by atoms with Crippen molar-refractivity contribution < 1.29 is 27.1 Å². The molecule has 2 nitrogen and oxygen atoms in total. The molecule has 1 aliphatic rings. The van der Waals surface area contributed by atoms with Gasteiger partial charge in [0.1, 0.15) is 17.1 Å². The Morgan fingerprint density at radius 1 is 1.25 bits per heavy atom. The Bertz CT molecular complexity index is 451. The van der Waals surface area contributed by atoms with Crippen LogP contribution >= 0.6 is 0 Å². The van der Waals surface area contributed by atoms with E-state index >= 15 is 0 Å². The predicted molar refractivity (Wildman–Crippen MR) is 45.8 cm³/mol. The van der Waals surface area contributed by atoms with E-state index in [-0.39, 0.29) is 18.6 Å². The zero-order valence-corrected chi connectivity index (χ0v) is 7.90. The molecule has 0 spiro atoms. The molecule has 0 aliphatic carbocycles. The van der Waals surface area contributed by atoms with Crippen molar-refractivity contribution in [2.45, 2.75) is 12.6 Å². The Balaban J connectivity index is 2.67. The summed E-state index contributed by atoms with van der Waals surface area (Å²) in [6, 6.07) is 1.10. The lowest BCUT2D eigenvalue weighted by Gasteiger charge is -2.20. The first-order valence-corrected chi connectivity index (χ1v) is 4.46. The molecular formula is C10H6F4O2. The van der Waals surface area contributed by atoms with E-state index < -0.39 is 29.1 Å². The van der Waals surface area contributed by atoms with E-state index in [4.69, 9.17) is 4.74 Å². The number of carbonyl (C=O) groups excluding carboxylic acids is 1. The SMILES string of the molecule is O=C1CCOc2c1cc(F)cc2C(F)(F)F. The Labute approximate surface area is 87.8 Å². The molecule has 0 saturated carbocycles. The van der Waals surface area contributed by atoms with Gasteiger partial charge in [0.25, 0.3) is 0 Å². The largest absolute Gasteiger partial charge is 0.492 e. The molecule has 0 aromatic heterocycles. The smallest absolute Gasteiger partial charge is 0.420 e. The van der Waals surface area contributed by atoms with Crippen molar-refractivity contribution in [3.05, 3.63) is 29.1 Å². The van der Waals surface area contributed by atoms with E-state index in [1.165, 1.54) is 0 Å². The molecule has 1 heterocycles. The van der Waals surface area contributed by atoms with Crippen molar-refractivity contribution >= 4 is 5.78 Å². The Morgan fingerprint density at radius 2 is 1.94 bits per heavy atom.